The van der Waals surface area contributed by atoms with E-state index in [0.29, 0.717) is 10.9 Å². The number of halogens is 2. The highest BCUT2D eigenvalue weighted by molar-refractivity contribution is 7.89. The monoisotopic (exact) mass is 441 g/mol. The minimum Gasteiger partial charge on any atom is -0.383 e. The average Bonchev–Trinajstić information content (AvgIpc) is 2.64. The molecule has 0 fully saturated rings. The van der Waals surface area contributed by atoms with Gasteiger partial charge >= 0.3 is 0 Å². The van der Waals surface area contributed by atoms with E-state index in [1.807, 2.05) is 0 Å². The second-order valence-electron chi connectivity index (χ2n) is 5.91. The van der Waals surface area contributed by atoms with Gasteiger partial charge in [0.25, 0.3) is 5.56 Å². The number of rotatable bonds is 7. The zero-order valence-corrected chi connectivity index (χ0v) is 17.2. The number of hydrogen-bond acceptors (Lipinski definition) is 5. The van der Waals surface area contributed by atoms with Crippen LogP contribution in [-0.2, 0) is 21.3 Å². The molecule has 148 valence electrons. The van der Waals surface area contributed by atoms with Crippen molar-refractivity contribution in [1.29, 1.82) is 0 Å². The van der Waals surface area contributed by atoms with Crippen molar-refractivity contribution in [2.24, 2.45) is 0 Å². The summed E-state index contributed by atoms with van der Waals surface area (Å²) < 4.78 is 32.6. The highest BCUT2D eigenvalue weighted by Gasteiger charge is 2.29. The number of para-hydroxylation sites is 1. The van der Waals surface area contributed by atoms with Crippen LogP contribution in [-0.4, -0.2) is 43.0 Å². The topological polar surface area (TPSA) is 92.4 Å². The van der Waals surface area contributed by atoms with Crippen LogP contribution in [0.4, 0.5) is 0 Å². The third-order valence-electron chi connectivity index (χ3n) is 4.05. The van der Waals surface area contributed by atoms with Crippen LogP contribution in [0, 0.1) is 0 Å². The average molecular weight is 442 g/mol. The summed E-state index contributed by atoms with van der Waals surface area (Å²) in [6, 6.07) is 11.3. The second-order valence-corrected chi connectivity index (χ2v) is 8.60. The third-order valence-corrected chi connectivity index (χ3v) is 6.85. The maximum atomic E-state index is 13.2. The predicted octanol–water partition coefficient (Wildman–Crippen LogP) is 3.07. The molecule has 1 heterocycles. The van der Waals surface area contributed by atoms with Gasteiger partial charge in [0.15, 0.2) is 0 Å². The molecule has 0 spiro atoms. The van der Waals surface area contributed by atoms with Gasteiger partial charge in [-0.05, 0) is 24.3 Å². The van der Waals surface area contributed by atoms with Crippen molar-refractivity contribution in [1.82, 2.24) is 14.3 Å². The quantitative estimate of drug-likeness (QED) is 0.607. The van der Waals surface area contributed by atoms with Gasteiger partial charge < -0.3 is 9.72 Å². The largest absolute Gasteiger partial charge is 0.383 e. The SMILES string of the molecule is COCCN(Cc1nc2ccccc2c(=O)[nH]1)S(=O)(=O)c1c(Cl)cccc1Cl. The lowest BCUT2D eigenvalue weighted by molar-refractivity contribution is 0.176. The Balaban J connectivity index is 2.05. The van der Waals surface area contributed by atoms with Crippen molar-refractivity contribution in [3.63, 3.8) is 0 Å². The zero-order chi connectivity index (χ0) is 20.3. The van der Waals surface area contributed by atoms with Crippen LogP contribution < -0.4 is 5.56 Å². The molecular weight excluding hydrogens is 425 g/mol. The standard InChI is InChI=1S/C18H17Cl2N3O4S/c1-27-10-9-23(28(25,26)17-13(19)6-4-7-14(17)20)11-16-21-15-8-3-2-5-12(15)18(24)22-16/h2-8H,9-11H2,1H3,(H,21,22,24). The van der Waals surface area contributed by atoms with Crippen LogP contribution >= 0.6 is 23.2 Å². The van der Waals surface area contributed by atoms with E-state index in [1.54, 1.807) is 30.3 Å². The van der Waals surface area contributed by atoms with E-state index in [1.165, 1.54) is 19.2 Å². The molecule has 2 aromatic carbocycles. The Morgan fingerprint density at radius 1 is 1.11 bits per heavy atom. The Morgan fingerprint density at radius 2 is 1.79 bits per heavy atom. The Hall–Kier alpha value is -1.97. The number of sulfonamides is 1. The number of benzene rings is 2. The van der Waals surface area contributed by atoms with Crippen molar-refractivity contribution in [2.75, 3.05) is 20.3 Å². The predicted molar refractivity (Wildman–Crippen MR) is 108 cm³/mol. The summed E-state index contributed by atoms with van der Waals surface area (Å²) >= 11 is 12.2. The van der Waals surface area contributed by atoms with Gasteiger partial charge in [-0.2, -0.15) is 4.31 Å². The number of hydrogen-bond donors (Lipinski definition) is 1. The van der Waals surface area contributed by atoms with Gasteiger partial charge in [-0.1, -0.05) is 41.4 Å². The van der Waals surface area contributed by atoms with E-state index in [-0.39, 0.29) is 46.0 Å². The maximum Gasteiger partial charge on any atom is 0.258 e. The van der Waals surface area contributed by atoms with Crippen LogP contribution in [0.25, 0.3) is 10.9 Å². The Kier molecular flexibility index (Phi) is 6.36. The summed E-state index contributed by atoms with van der Waals surface area (Å²) in [5.41, 5.74) is 0.126. The Bertz CT molecular complexity index is 1140. The molecule has 0 aliphatic heterocycles. The Morgan fingerprint density at radius 3 is 2.46 bits per heavy atom. The molecule has 0 amide bonds. The first-order chi connectivity index (χ1) is 13.3. The van der Waals surface area contributed by atoms with Crippen molar-refractivity contribution in [3.8, 4) is 0 Å². The number of H-pyrrole nitrogens is 1. The molecule has 0 saturated heterocycles. The van der Waals surface area contributed by atoms with Crippen LogP contribution in [0.5, 0.6) is 0 Å². The molecule has 0 bridgehead atoms. The molecule has 0 radical (unpaired) electrons. The minimum atomic E-state index is -4.07. The maximum absolute atomic E-state index is 13.2. The Labute approximate surface area is 171 Å². The van der Waals surface area contributed by atoms with Crippen molar-refractivity contribution >= 4 is 44.1 Å². The molecule has 0 aliphatic carbocycles. The number of nitrogens with one attached hydrogen (secondary N) is 1. The normalized spacial score (nSPS) is 12.0. The van der Waals surface area contributed by atoms with Crippen molar-refractivity contribution < 1.29 is 13.2 Å². The molecule has 7 nitrogen and oxygen atoms in total. The number of ether oxygens (including phenoxy) is 1. The smallest absolute Gasteiger partial charge is 0.258 e. The lowest BCUT2D eigenvalue weighted by Gasteiger charge is -2.22. The zero-order valence-electron chi connectivity index (χ0n) is 14.9. The van der Waals surface area contributed by atoms with Gasteiger partial charge in [-0.25, -0.2) is 13.4 Å². The number of aromatic amines is 1. The third kappa shape index (κ3) is 4.21. The summed E-state index contributed by atoms with van der Waals surface area (Å²) in [5, 5.41) is 0.441. The van der Waals surface area contributed by atoms with E-state index in [2.05, 4.69) is 9.97 Å². The molecule has 0 atom stereocenters. The van der Waals surface area contributed by atoms with Crippen LogP contribution in [0.2, 0.25) is 10.0 Å². The molecular formula is C18H17Cl2N3O4S. The second kappa shape index (κ2) is 8.59. The molecule has 0 aliphatic rings. The molecule has 1 N–H and O–H groups in total. The van der Waals surface area contributed by atoms with E-state index >= 15 is 0 Å². The van der Waals surface area contributed by atoms with Gasteiger partial charge in [0.05, 0.1) is 34.1 Å². The van der Waals surface area contributed by atoms with Crippen LogP contribution in [0.3, 0.4) is 0 Å². The van der Waals surface area contributed by atoms with Gasteiger partial charge in [0.2, 0.25) is 10.0 Å². The fourth-order valence-electron chi connectivity index (χ4n) is 2.71. The van der Waals surface area contributed by atoms with Crippen LogP contribution in [0.1, 0.15) is 5.82 Å². The molecule has 28 heavy (non-hydrogen) atoms. The van der Waals surface area contributed by atoms with E-state index in [4.69, 9.17) is 27.9 Å². The molecule has 1 aromatic heterocycles. The van der Waals surface area contributed by atoms with E-state index in [0.717, 1.165) is 4.31 Å². The van der Waals surface area contributed by atoms with Gasteiger partial charge in [0.1, 0.15) is 10.7 Å². The number of nitrogens with zero attached hydrogens (tertiary/aromatic N) is 2. The lowest BCUT2D eigenvalue weighted by atomic mass is 10.2. The summed E-state index contributed by atoms with van der Waals surface area (Å²) in [6.45, 7) is -0.0106. The number of methoxy groups -OCH3 is 1. The molecule has 10 heteroatoms. The summed E-state index contributed by atoms with van der Waals surface area (Å²) in [5.74, 6) is 0.201. The number of fused-ring (bicyclic) bond motifs is 1. The van der Waals surface area contributed by atoms with Crippen molar-refractivity contribution in [3.05, 3.63) is 68.7 Å². The van der Waals surface area contributed by atoms with Gasteiger partial charge in [0, 0.05) is 13.7 Å². The van der Waals surface area contributed by atoms with Crippen LogP contribution in [0.15, 0.2) is 52.2 Å². The van der Waals surface area contributed by atoms with E-state index < -0.39 is 10.0 Å². The highest BCUT2D eigenvalue weighted by Crippen LogP contribution is 2.31. The first-order valence-electron chi connectivity index (χ1n) is 8.25. The fraction of sp³-hybridized carbons (Fsp3) is 0.222. The summed E-state index contributed by atoms with van der Waals surface area (Å²) in [4.78, 5) is 19.1. The number of aromatic nitrogens is 2. The summed E-state index contributed by atoms with van der Waals surface area (Å²) in [6.07, 6.45) is 0. The first-order valence-corrected chi connectivity index (χ1v) is 10.4. The first kappa shape index (κ1) is 20.8. The summed E-state index contributed by atoms with van der Waals surface area (Å²) in [7, 11) is -2.61. The molecule has 3 aromatic rings. The van der Waals surface area contributed by atoms with E-state index in [9.17, 15) is 13.2 Å². The molecule has 0 unspecified atom stereocenters. The molecule has 3 rings (SSSR count). The van der Waals surface area contributed by atoms with Crippen molar-refractivity contribution in [2.45, 2.75) is 11.4 Å². The fourth-order valence-corrected chi connectivity index (χ4v) is 5.19. The van der Waals surface area contributed by atoms with Gasteiger partial charge in [-0.3, -0.25) is 4.79 Å². The molecule has 0 saturated carbocycles. The highest BCUT2D eigenvalue weighted by atomic mass is 35.5. The van der Waals surface area contributed by atoms with Gasteiger partial charge in [-0.15, -0.1) is 0 Å². The lowest BCUT2D eigenvalue weighted by Crippen LogP contribution is -2.35. The minimum absolute atomic E-state index is 0.00915.